The molecule has 1 aliphatic heterocycles. The smallest absolute Gasteiger partial charge is 0.258 e. The molecule has 9 nitrogen and oxygen atoms in total. The first kappa shape index (κ1) is 12.7. The molecule has 2 aromatic rings. The third kappa shape index (κ3) is 2.39. The number of hydrogen-bond acceptors (Lipinski definition) is 8. The Hall–Kier alpha value is -2.29. The Morgan fingerprint density at radius 3 is 2.95 bits per heavy atom. The van der Waals surface area contributed by atoms with Gasteiger partial charge in [-0.2, -0.15) is 24.7 Å². The molecular weight excluding hydrogens is 260 g/mol. The molecule has 1 atom stereocenters. The molecule has 20 heavy (non-hydrogen) atoms. The maximum Gasteiger partial charge on any atom is 0.258 e. The van der Waals surface area contributed by atoms with Crippen molar-refractivity contribution in [2.24, 2.45) is 0 Å². The Bertz CT molecular complexity index is 566. The molecule has 1 saturated heterocycles. The summed E-state index contributed by atoms with van der Waals surface area (Å²) in [4.78, 5) is 19.0. The van der Waals surface area contributed by atoms with Gasteiger partial charge in [0.05, 0.1) is 12.6 Å². The van der Waals surface area contributed by atoms with Crippen molar-refractivity contribution in [3.63, 3.8) is 0 Å². The number of nitrogens with one attached hydrogen (secondary N) is 1. The SMILES string of the molecule is CNc1nc(N(C)C2CCOC2)nc(-n2cncn2)n1. The third-order valence-electron chi connectivity index (χ3n) is 3.23. The Balaban J connectivity index is 1.95. The van der Waals surface area contributed by atoms with E-state index in [-0.39, 0.29) is 6.04 Å². The van der Waals surface area contributed by atoms with Crippen LogP contribution in [0.25, 0.3) is 5.95 Å². The fourth-order valence-electron chi connectivity index (χ4n) is 2.03. The zero-order valence-electron chi connectivity index (χ0n) is 11.4. The summed E-state index contributed by atoms with van der Waals surface area (Å²) in [6.45, 7) is 1.46. The van der Waals surface area contributed by atoms with Crippen molar-refractivity contribution in [3.8, 4) is 5.95 Å². The van der Waals surface area contributed by atoms with E-state index in [2.05, 4.69) is 30.4 Å². The monoisotopic (exact) mass is 276 g/mol. The van der Waals surface area contributed by atoms with Gasteiger partial charge in [-0.3, -0.25) is 0 Å². The minimum Gasteiger partial charge on any atom is -0.379 e. The predicted molar refractivity (Wildman–Crippen MR) is 71.9 cm³/mol. The van der Waals surface area contributed by atoms with Gasteiger partial charge in [0, 0.05) is 20.7 Å². The van der Waals surface area contributed by atoms with Gasteiger partial charge in [-0.15, -0.1) is 0 Å². The lowest BCUT2D eigenvalue weighted by Gasteiger charge is -2.23. The highest BCUT2D eigenvalue weighted by Crippen LogP contribution is 2.18. The molecule has 1 N–H and O–H groups in total. The fraction of sp³-hybridized carbons (Fsp3) is 0.545. The summed E-state index contributed by atoms with van der Waals surface area (Å²) in [6.07, 6.45) is 3.96. The minimum absolute atomic E-state index is 0.283. The fourth-order valence-corrected chi connectivity index (χ4v) is 2.03. The second kappa shape index (κ2) is 5.37. The first-order valence-corrected chi connectivity index (χ1v) is 6.37. The average molecular weight is 276 g/mol. The van der Waals surface area contributed by atoms with E-state index in [4.69, 9.17) is 4.74 Å². The van der Waals surface area contributed by atoms with E-state index in [0.717, 1.165) is 13.0 Å². The van der Waals surface area contributed by atoms with Gasteiger partial charge in [0.2, 0.25) is 11.9 Å². The van der Waals surface area contributed by atoms with Crippen molar-refractivity contribution in [3.05, 3.63) is 12.7 Å². The molecule has 1 aliphatic rings. The lowest BCUT2D eigenvalue weighted by molar-refractivity contribution is 0.193. The van der Waals surface area contributed by atoms with Crippen LogP contribution in [0.15, 0.2) is 12.7 Å². The van der Waals surface area contributed by atoms with Crippen molar-refractivity contribution in [2.75, 3.05) is 37.5 Å². The van der Waals surface area contributed by atoms with Gasteiger partial charge in [-0.05, 0) is 6.42 Å². The molecule has 0 bridgehead atoms. The summed E-state index contributed by atoms with van der Waals surface area (Å²) in [6, 6.07) is 0.283. The Morgan fingerprint density at radius 2 is 2.30 bits per heavy atom. The van der Waals surface area contributed by atoms with E-state index in [1.54, 1.807) is 13.4 Å². The summed E-state index contributed by atoms with van der Waals surface area (Å²) < 4.78 is 6.91. The Labute approximate surface area is 116 Å². The van der Waals surface area contributed by atoms with E-state index in [9.17, 15) is 0 Å². The number of likely N-dealkylation sites (N-methyl/N-ethyl adjacent to an activating group) is 1. The van der Waals surface area contributed by atoms with E-state index in [0.29, 0.717) is 24.5 Å². The van der Waals surface area contributed by atoms with Crippen LogP contribution >= 0.6 is 0 Å². The molecule has 0 radical (unpaired) electrons. The Kier molecular flexibility index (Phi) is 3.42. The first-order valence-electron chi connectivity index (χ1n) is 6.37. The molecule has 0 amide bonds. The second-order valence-corrected chi connectivity index (χ2v) is 4.48. The van der Waals surface area contributed by atoms with Crippen LogP contribution in [0, 0.1) is 0 Å². The molecule has 2 aromatic heterocycles. The van der Waals surface area contributed by atoms with Crippen LogP contribution < -0.4 is 10.2 Å². The van der Waals surface area contributed by atoms with Gasteiger partial charge in [-0.1, -0.05) is 0 Å². The van der Waals surface area contributed by atoms with Crippen LogP contribution in [0.2, 0.25) is 0 Å². The standard InChI is InChI=1S/C11H16N8O/c1-12-9-15-10(18(2)8-3-4-20-5-8)17-11(16-9)19-7-13-6-14-19/h6-8H,3-5H2,1-2H3,(H,12,15,16,17). The zero-order valence-corrected chi connectivity index (χ0v) is 11.4. The highest BCUT2D eigenvalue weighted by molar-refractivity contribution is 5.40. The summed E-state index contributed by atoms with van der Waals surface area (Å²) in [5.41, 5.74) is 0. The Morgan fingerprint density at radius 1 is 1.40 bits per heavy atom. The summed E-state index contributed by atoms with van der Waals surface area (Å²) >= 11 is 0. The molecule has 0 aliphatic carbocycles. The van der Waals surface area contributed by atoms with Gasteiger partial charge >= 0.3 is 0 Å². The minimum atomic E-state index is 0.283. The molecule has 0 spiro atoms. The molecule has 9 heteroatoms. The van der Waals surface area contributed by atoms with Crippen LogP contribution in [0.5, 0.6) is 0 Å². The number of rotatable bonds is 4. The number of ether oxygens (including phenoxy) is 1. The molecule has 0 saturated carbocycles. The third-order valence-corrected chi connectivity index (χ3v) is 3.23. The van der Waals surface area contributed by atoms with Crippen LogP contribution in [-0.2, 0) is 4.74 Å². The van der Waals surface area contributed by atoms with Gasteiger partial charge in [0.1, 0.15) is 12.7 Å². The van der Waals surface area contributed by atoms with Crippen LogP contribution in [-0.4, -0.2) is 63.1 Å². The van der Waals surface area contributed by atoms with E-state index < -0.39 is 0 Å². The topological polar surface area (TPSA) is 93.9 Å². The van der Waals surface area contributed by atoms with Gasteiger partial charge in [-0.25, -0.2) is 4.98 Å². The summed E-state index contributed by atoms with van der Waals surface area (Å²) in [7, 11) is 3.72. The molecule has 3 heterocycles. The maximum absolute atomic E-state index is 5.40. The number of aromatic nitrogens is 6. The number of hydrogen-bond donors (Lipinski definition) is 1. The van der Waals surface area contributed by atoms with Crippen molar-refractivity contribution < 1.29 is 4.74 Å². The number of anilines is 2. The summed E-state index contributed by atoms with van der Waals surface area (Å²) in [5, 5.41) is 6.98. The van der Waals surface area contributed by atoms with Gasteiger partial charge in [0.25, 0.3) is 5.95 Å². The second-order valence-electron chi connectivity index (χ2n) is 4.48. The number of nitrogens with zero attached hydrogens (tertiary/aromatic N) is 7. The molecule has 0 aromatic carbocycles. The lowest BCUT2D eigenvalue weighted by atomic mass is 10.2. The highest BCUT2D eigenvalue weighted by Gasteiger charge is 2.23. The van der Waals surface area contributed by atoms with E-state index in [1.807, 2.05) is 11.9 Å². The lowest BCUT2D eigenvalue weighted by Crippen LogP contribution is -2.33. The molecule has 1 unspecified atom stereocenters. The van der Waals surface area contributed by atoms with Crippen LogP contribution in [0.4, 0.5) is 11.9 Å². The maximum atomic E-state index is 5.40. The van der Waals surface area contributed by atoms with Crippen LogP contribution in [0.3, 0.4) is 0 Å². The van der Waals surface area contributed by atoms with Gasteiger partial charge in [0.15, 0.2) is 0 Å². The quantitative estimate of drug-likeness (QED) is 0.815. The van der Waals surface area contributed by atoms with Crippen molar-refractivity contribution in [1.82, 2.24) is 29.7 Å². The normalized spacial score (nSPS) is 18.2. The van der Waals surface area contributed by atoms with Crippen molar-refractivity contribution in [1.29, 1.82) is 0 Å². The molecule has 3 rings (SSSR count). The van der Waals surface area contributed by atoms with E-state index >= 15 is 0 Å². The highest BCUT2D eigenvalue weighted by atomic mass is 16.5. The van der Waals surface area contributed by atoms with Gasteiger partial charge < -0.3 is 15.0 Å². The summed E-state index contributed by atoms with van der Waals surface area (Å²) in [5.74, 6) is 1.51. The van der Waals surface area contributed by atoms with Crippen molar-refractivity contribution in [2.45, 2.75) is 12.5 Å². The van der Waals surface area contributed by atoms with Crippen molar-refractivity contribution >= 4 is 11.9 Å². The first-order chi connectivity index (χ1) is 9.78. The zero-order chi connectivity index (χ0) is 13.9. The molecule has 106 valence electrons. The predicted octanol–water partition coefficient (Wildman–Crippen LogP) is -0.281. The molecule has 1 fully saturated rings. The van der Waals surface area contributed by atoms with E-state index in [1.165, 1.54) is 11.0 Å². The van der Waals surface area contributed by atoms with Crippen LogP contribution in [0.1, 0.15) is 6.42 Å². The average Bonchev–Trinajstić information content (AvgIpc) is 3.18. The molecular formula is C11H16N8O. The largest absolute Gasteiger partial charge is 0.379 e.